The minimum atomic E-state index is 0.846. The van der Waals surface area contributed by atoms with Crippen LogP contribution in [-0.2, 0) is 0 Å². The summed E-state index contributed by atoms with van der Waals surface area (Å²) in [5, 5.41) is 4.10. The molecule has 0 spiro atoms. The van der Waals surface area contributed by atoms with E-state index in [-0.39, 0.29) is 0 Å². The van der Waals surface area contributed by atoms with Crippen molar-refractivity contribution in [3.8, 4) is 0 Å². The van der Waals surface area contributed by atoms with Crippen LogP contribution in [0.1, 0.15) is 96.3 Å². The van der Waals surface area contributed by atoms with Crippen LogP contribution in [0.4, 0.5) is 0 Å². The zero-order valence-electron chi connectivity index (χ0n) is 13.4. The summed E-state index contributed by atoms with van der Waals surface area (Å²) in [7, 11) is 0. The maximum Gasteiger partial charge on any atom is 0.0101 e. The van der Waals surface area contributed by atoms with Crippen LogP contribution in [0.3, 0.4) is 0 Å². The Hall–Kier alpha value is -0.0400. The maximum atomic E-state index is 4.10. The molecule has 2 bridgehead atoms. The van der Waals surface area contributed by atoms with E-state index in [2.05, 4.69) is 5.32 Å². The highest BCUT2D eigenvalue weighted by Crippen LogP contribution is 2.44. The van der Waals surface area contributed by atoms with E-state index in [1.807, 2.05) is 0 Å². The molecule has 0 amide bonds. The molecule has 0 aromatic rings. The molecule has 0 saturated heterocycles. The zero-order chi connectivity index (χ0) is 13.6. The van der Waals surface area contributed by atoms with E-state index in [0.717, 1.165) is 23.9 Å². The third-order valence-electron chi connectivity index (χ3n) is 6.29. The highest BCUT2D eigenvalue weighted by molar-refractivity contribution is 4.95. The second-order valence-electron chi connectivity index (χ2n) is 7.90. The lowest BCUT2D eigenvalue weighted by Gasteiger charge is -2.29. The Morgan fingerprint density at radius 3 is 1.65 bits per heavy atom. The van der Waals surface area contributed by atoms with Crippen molar-refractivity contribution in [2.75, 3.05) is 0 Å². The molecule has 3 atom stereocenters. The Labute approximate surface area is 126 Å². The first kappa shape index (κ1) is 14.9. The predicted molar refractivity (Wildman–Crippen MR) is 86.9 cm³/mol. The van der Waals surface area contributed by atoms with Crippen molar-refractivity contribution in [3.63, 3.8) is 0 Å². The van der Waals surface area contributed by atoms with Gasteiger partial charge in [0.2, 0.25) is 0 Å². The molecule has 0 radical (unpaired) electrons. The lowest BCUT2D eigenvalue weighted by molar-refractivity contribution is 0.292. The van der Waals surface area contributed by atoms with Crippen LogP contribution in [0.15, 0.2) is 0 Å². The Balaban J connectivity index is 1.44. The third kappa shape index (κ3) is 4.23. The summed E-state index contributed by atoms with van der Waals surface area (Å²) in [4.78, 5) is 0. The SMILES string of the molecule is C1CCCCCC(NC2CC3CCC2C3)CCCCC1. The summed E-state index contributed by atoms with van der Waals surface area (Å²) in [5.74, 6) is 2.13. The molecule has 3 aliphatic carbocycles. The van der Waals surface area contributed by atoms with Gasteiger partial charge in [0.05, 0.1) is 0 Å². The van der Waals surface area contributed by atoms with E-state index in [9.17, 15) is 0 Å². The molecule has 3 unspecified atom stereocenters. The van der Waals surface area contributed by atoms with Gasteiger partial charge in [-0.05, 0) is 43.9 Å². The molecule has 116 valence electrons. The molecule has 0 heterocycles. The first-order valence-corrected chi connectivity index (χ1v) is 9.68. The smallest absolute Gasteiger partial charge is 0.0101 e. The molecule has 3 fully saturated rings. The van der Waals surface area contributed by atoms with Gasteiger partial charge in [0, 0.05) is 12.1 Å². The first-order chi connectivity index (χ1) is 9.92. The predicted octanol–water partition coefficient (Wildman–Crippen LogP) is 5.44. The van der Waals surface area contributed by atoms with Gasteiger partial charge >= 0.3 is 0 Å². The van der Waals surface area contributed by atoms with E-state index in [1.54, 1.807) is 6.42 Å². The quantitative estimate of drug-likeness (QED) is 0.709. The number of hydrogen-bond donors (Lipinski definition) is 1. The maximum absolute atomic E-state index is 4.10. The molecule has 1 N–H and O–H groups in total. The van der Waals surface area contributed by atoms with Crippen LogP contribution in [-0.4, -0.2) is 12.1 Å². The van der Waals surface area contributed by atoms with Crippen LogP contribution in [0, 0.1) is 11.8 Å². The van der Waals surface area contributed by atoms with Crippen molar-refractivity contribution in [2.45, 2.75) is 108 Å². The Morgan fingerprint density at radius 2 is 1.15 bits per heavy atom. The van der Waals surface area contributed by atoms with E-state index in [4.69, 9.17) is 0 Å². The molecule has 0 aromatic carbocycles. The van der Waals surface area contributed by atoms with Gasteiger partial charge in [-0.15, -0.1) is 0 Å². The number of fused-ring (bicyclic) bond motifs is 2. The van der Waals surface area contributed by atoms with Crippen molar-refractivity contribution in [1.29, 1.82) is 0 Å². The summed E-state index contributed by atoms with van der Waals surface area (Å²) in [6.07, 6.45) is 22.4. The van der Waals surface area contributed by atoms with Gasteiger partial charge in [0.1, 0.15) is 0 Å². The summed E-state index contributed by atoms with van der Waals surface area (Å²) in [6, 6.07) is 1.74. The second kappa shape index (κ2) is 7.82. The van der Waals surface area contributed by atoms with E-state index in [0.29, 0.717) is 0 Å². The molecule has 1 heteroatoms. The van der Waals surface area contributed by atoms with E-state index < -0.39 is 0 Å². The van der Waals surface area contributed by atoms with Crippen LogP contribution in [0.2, 0.25) is 0 Å². The van der Waals surface area contributed by atoms with Crippen molar-refractivity contribution >= 4 is 0 Å². The standard InChI is InChI=1S/C19H35N/c1-2-4-6-8-10-18(11-9-7-5-3-1)20-19-15-16-12-13-17(19)14-16/h16-20H,1-15H2. The average molecular weight is 277 g/mol. The largest absolute Gasteiger partial charge is 0.311 e. The second-order valence-corrected chi connectivity index (χ2v) is 7.90. The van der Waals surface area contributed by atoms with Gasteiger partial charge < -0.3 is 5.32 Å². The van der Waals surface area contributed by atoms with Crippen LogP contribution in [0.25, 0.3) is 0 Å². The molecule has 20 heavy (non-hydrogen) atoms. The lowest BCUT2D eigenvalue weighted by atomic mass is 9.92. The van der Waals surface area contributed by atoms with Crippen LogP contribution >= 0.6 is 0 Å². The average Bonchev–Trinajstić information content (AvgIpc) is 3.04. The highest BCUT2D eigenvalue weighted by atomic mass is 15.0. The van der Waals surface area contributed by atoms with Crippen LogP contribution in [0.5, 0.6) is 0 Å². The topological polar surface area (TPSA) is 12.0 Å². The fourth-order valence-electron chi connectivity index (χ4n) is 5.08. The number of nitrogens with one attached hydrogen (secondary N) is 1. The summed E-state index contributed by atoms with van der Waals surface area (Å²) in [6.45, 7) is 0. The summed E-state index contributed by atoms with van der Waals surface area (Å²) in [5.41, 5.74) is 0. The van der Waals surface area contributed by atoms with E-state index in [1.165, 1.54) is 89.9 Å². The minimum absolute atomic E-state index is 0.846. The van der Waals surface area contributed by atoms with Gasteiger partial charge in [0.25, 0.3) is 0 Å². The minimum Gasteiger partial charge on any atom is -0.311 e. The van der Waals surface area contributed by atoms with Crippen LogP contribution < -0.4 is 5.32 Å². The monoisotopic (exact) mass is 277 g/mol. The molecule has 3 aliphatic rings. The Morgan fingerprint density at radius 1 is 0.550 bits per heavy atom. The fourth-order valence-corrected chi connectivity index (χ4v) is 5.08. The van der Waals surface area contributed by atoms with Crippen molar-refractivity contribution in [1.82, 2.24) is 5.32 Å². The van der Waals surface area contributed by atoms with Gasteiger partial charge in [-0.2, -0.15) is 0 Å². The third-order valence-corrected chi connectivity index (χ3v) is 6.29. The molecular weight excluding hydrogens is 242 g/mol. The number of rotatable bonds is 2. The first-order valence-electron chi connectivity index (χ1n) is 9.68. The number of hydrogen-bond acceptors (Lipinski definition) is 1. The van der Waals surface area contributed by atoms with Gasteiger partial charge in [-0.3, -0.25) is 0 Å². The lowest BCUT2D eigenvalue weighted by Crippen LogP contribution is -2.41. The highest BCUT2D eigenvalue weighted by Gasteiger charge is 2.39. The van der Waals surface area contributed by atoms with E-state index >= 15 is 0 Å². The van der Waals surface area contributed by atoms with Gasteiger partial charge in [-0.1, -0.05) is 64.2 Å². The molecule has 3 saturated carbocycles. The summed E-state index contributed by atoms with van der Waals surface area (Å²) >= 11 is 0. The van der Waals surface area contributed by atoms with Crippen molar-refractivity contribution < 1.29 is 0 Å². The molecule has 0 aliphatic heterocycles. The molecule has 3 rings (SSSR count). The molecule has 1 nitrogen and oxygen atoms in total. The van der Waals surface area contributed by atoms with Crippen molar-refractivity contribution in [2.24, 2.45) is 11.8 Å². The Kier molecular flexibility index (Phi) is 5.82. The van der Waals surface area contributed by atoms with Crippen molar-refractivity contribution in [3.05, 3.63) is 0 Å². The molecule has 0 aromatic heterocycles. The normalized spacial score (nSPS) is 37.5. The van der Waals surface area contributed by atoms with Gasteiger partial charge in [0.15, 0.2) is 0 Å². The molecular formula is C19H35N. The zero-order valence-corrected chi connectivity index (χ0v) is 13.4. The fraction of sp³-hybridized carbons (Fsp3) is 1.00. The van der Waals surface area contributed by atoms with Gasteiger partial charge in [-0.25, -0.2) is 0 Å². The summed E-state index contributed by atoms with van der Waals surface area (Å²) < 4.78 is 0. The Bertz CT molecular complexity index is 263.